The molecule has 2 N–H and O–H groups in total. The molecule has 0 aromatic heterocycles. The Hall–Kier alpha value is -2.38. The van der Waals surface area contributed by atoms with Crippen LogP contribution < -0.4 is 4.74 Å². The maximum absolute atomic E-state index is 13.8. The SMILES string of the molecule is COc1cc(C2C3=CCC4C(=O)N(CCCCCC(=O)O)C(=O)C4C3CC3(Cl)C(=O)N(C)C(=O)C23Cl)cc(I)c1O. The Morgan fingerprint density at radius 2 is 1.80 bits per heavy atom. The summed E-state index contributed by atoms with van der Waals surface area (Å²) in [4.78, 5) is 63.6. The van der Waals surface area contributed by atoms with Crippen LogP contribution in [0.4, 0.5) is 0 Å². The molecule has 220 valence electrons. The number of halogens is 3. The first-order chi connectivity index (χ1) is 19.3. The number of hydrogen-bond donors (Lipinski definition) is 2. The summed E-state index contributed by atoms with van der Waals surface area (Å²) in [5.74, 6) is -5.85. The van der Waals surface area contributed by atoms with E-state index in [0.29, 0.717) is 34.0 Å². The Kier molecular flexibility index (Phi) is 7.86. The van der Waals surface area contributed by atoms with E-state index in [1.165, 1.54) is 19.1 Å². The molecule has 3 fully saturated rings. The Balaban J connectivity index is 1.56. The number of carbonyl (C=O) groups excluding carboxylic acids is 4. The molecule has 0 radical (unpaired) electrons. The van der Waals surface area contributed by atoms with E-state index in [0.717, 1.165) is 4.90 Å². The summed E-state index contributed by atoms with van der Waals surface area (Å²) >= 11 is 16.3. The van der Waals surface area contributed by atoms with Gasteiger partial charge in [0.25, 0.3) is 11.8 Å². The van der Waals surface area contributed by atoms with Gasteiger partial charge in [0.1, 0.15) is 0 Å². The summed E-state index contributed by atoms with van der Waals surface area (Å²) in [6.45, 7) is 0.175. The molecular weight excluding hydrogens is 690 g/mol. The van der Waals surface area contributed by atoms with Gasteiger partial charge in [0, 0.05) is 25.9 Å². The van der Waals surface area contributed by atoms with E-state index in [9.17, 15) is 29.1 Å². The van der Waals surface area contributed by atoms with Crippen molar-refractivity contribution in [2.75, 3.05) is 20.7 Å². The largest absolute Gasteiger partial charge is 0.504 e. The lowest BCUT2D eigenvalue weighted by atomic mass is 9.56. The average molecular weight is 719 g/mol. The standard InChI is InChI=1S/C28H29Cl2IN2O8/c1-32-25(39)27(29)12-16-14(21(28(27,30)26(32)40)13-10-17(31)22(36)18(11-13)41-2)7-8-15-20(16)24(38)33(23(15)37)9-5-3-4-6-19(34)35/h7,10-11,15-16,20-21,36H,3-6,8-9,12H2,1-2H3,(H,34,35). The molecule has 4 amide bonds. The van der Waals surface area contributed by atoms with Gasteiger partial charge in [-0.05, 0) is 71.9 Å². The molecule has 2 aliphatic carbocycles. The van der Waals surface area contributed by atoms with Gasteiger partial charge in [-0.15, -0.1) is 23.2 Å². The van der Waals surface area contributed by atoms with Crippen LogP contribution in [0.2, 0.25) is 0 Å². The van der Waals surface area contributed by atoms with Crippen LogP contribution in [-0.2, 0) is 24.0 Å². The summed E-state index contributed by atoms with van der Waals surface area (Å²) in [6.07, 6.45) is 3.49. The average Bonchev–Trinajstić information content (AvgIpc) is 3.24. The number of nitrogens with zero attached hydrogens (tertiary/aromatic N) is 2. The van der Waals surface area contributed by atoms with Gasteiger partial charge < -0.3 is 14.9 Å². The first kappa shape index (κ1) is 30.1. The van der Waals surface area contributed by atoms with Crippen molar-refractivity contribution in [3.63, 3.8) is 0 Å². The first-order valence-corrected chi connectivity index (χ1v) is 15.2. The summed E-state index contributed by atoms with van der Waals surface area (Å²) in [7, 11) is 2.72. The minimum Gasteiger partial charge on any atom is -0.504 e. The van der Waals surface area contributed by atoms with E-state index >= 15 is 0 Å². The number of methoxy groups -OCH3 is 1. The Labute approximate surface area is 260 Å². The topological polar surface area (TPSA) is 142 Å². The second-order valence-electron chi connectivity index (χ2n) is 11.1. The molecular formula is C28H29Cl2IN2O8. The zero-order chi connectivity index (χ0) is 30.0. The van der Waals surface area contributed by atoms with E-state index in [1.54, 1.807) is 12.1 Å². The Morgan fingerprint density at radius 1 is 1.10 bits per heavy atom. The highest BCUT2D eigenvalue weighted by atomic mass is 127. The first-order valence-electron chi connectivity index (χ1n) is 13.3. The lowest BCUT2D eigenvalue weighted by Gasteiger charge is -2.50. The number of imide groups is 2. The molecule has 13 heteroatoms. The highest BCUT2D eigenvalue weighted by Crippen LogP contribution is 2.65. The monoisotopic (exact) mass is 718 g/mol. The van der Waals surface area contributed by atoms with E-state index in [2.05, 4.69) is 0 Å². The number of carbonyl (C=O) groups is 5. The second-order valence-corrected chi connectivity index (χ2v) is 13.5. The number of phenolic OH excluding ortho intramolecular Hbond substituents is 1. The van der Waals surface area contributed by atoms with Gasteiger partial charge in [0.15, 0.2) is 21.2 Å². The van der Waals surface area contributed by atoms with Crippen LogP contribution in [0, 0.1) is 21.3 Å². The number of phenols is 1. The molecule has 1 saturated carbocycles. The summed E-state index contributed by atoms with van der Waals surface area (Å²) in [5, 5.41) is 19.4. The minimum absolute atomic E-state index is 0.0179. The van der Waals surface area contributed by atoms with Gasteiger partial charge in [-0.3, -0.25) is 33.8 Å². The predicted octanol–water partition coefficient (Wildman–Crippen LogP) is 3.64. The van der Waals surface area contributed by atoms with Crippen molar-refractivity contribution in [1.29, 1.82) is 0 Å². The third-order valence-corrected chi connectivity index (χ3v) is 11.2. The number of rotatable bonds is 8. The van der Waals surface area contributed by atoms with Crippen molar-refractivity contribution in [3.05, 3.63) is 32.9 Å². The van der Waals surface area contributed by atoms with Crippen LogP contribution in [0.3, 0.4) is 0 Å². The van der Waals surface area contributed by atoms with E-state index in [1.807, 2.05) is 28.7 Å². The van der Waals surface area contributed by atoms with Gasteiger partial charge in [-0.1, -0.05) is 18.1 Å². The zero-order valence-electron chi connectivity index (χ0n) is 22.4. The molecule has 6 atom stereocenters. The van der Waals surface area contributed by atoms with Crippen molar-refractivity contribution in [1.82, 2.24) is 9.80 Å². The summed E-state index contributed by atoms with van der Waals surface area (Å²) < 4.78 is 5.79. The molecule has 1 aromatic rings. The lowest BCUT2D eigenvalue weighted by Crippen LogP contribution is -2.60. The molecule has 10 nitrogen and oxygen atoms in total. The molecule has 2 aliphatic heterocycles. The maximum Gasteiger partial charge on any atom is 0.303 e. The fraction of sp³-hybridized carbons (Fsp3) is 0.536. The normalized spacial score (nSPS) is 32.6. The van der Waals surface area contributed by atoms with Crippen molar-refractivity contribution in [2.45, 2.75) is 54.2 Å². The number of aliphatic carboxylic acids is 1. The number of carboxylic acid groups (broad SMARTS) is 1. The van der Waals surface area contributed by atoms with E-state index < -0.39 is 51.2 Å². The molecule has 1 aromatic carbocycles. The zero-order valence-corrected chi connectivity index (χ0v) is 26.0. The van der Waals surface area contributed by atoms with Gasteiger partial charge in [0.2, 0.25) is 11.8 Å². The lowest BCUT2D eigenvalue weighted by molar-refractivity contribution is -0.141. The molecule has 4 aliphatic rings. The molecule has 41 heavy (non-hydrogen) atoms. The van der Waals surface area contributed by atoms with Crippen molar-refractivity contribution >= 4 is 75.4 Å². The van der Waals surface area contributed by atoms with Gasteiger partial charge in [0.05, 0.1) is 22.5 Å². The van der Waals surface area contributed by atoms with Crippen LogP contribution in [0.5, 0.6) is 11.5 Å². The molecule has 2 heterocycles. The number of carboxylic acids is 1. The van der Waals surface area contributed by atoms with Crippen LogP contribution in [-0.4, -0.2) is 80.1 Å². The quantitative estimate of drug-likeness (QED) is 0.137. The van der Waals surface area contributed by atoms with E-state index in [-0.39, 0.29) is 49.1 Å². The summed E-state index contributed by atoms with van der Waals surface area (Å²) in [6, 6.07) is 3.21. The van der Waals surface area contributed by atoms with Crippen LogP contribution in [0.1, 0.15) is 50.0 Å². The van der Waals surface area contributed by atoms with Crippen LogP contribution in [0.25, 0.3) is 0 Å². The Morgan fingerprint density at radius 3 is 2.46 bits per heavy atom. The van der Waals surface area contributed by atoms with Crippen LogP contribution in [0.15, 0.2) is 23.8 Å². The number of hydrogen-bond acceptors (Lipinski definition) is 7. The number of benzene rings is 1. The number of ether oxygens (including phenoxy) is 1. The van der Waals surface area contributed by atoms with Crippen molar-refractivity contribution in [2.24, 2.45) is 17.8 Å². The molecule has 2 saturated heterocycles. The minimum atomic E-state index is -1.92. The smallest absolute Gasteiger partial charge is 0.303 e. The van der Waals surface area contributed by atoms with Gasteiger partial charge in [-0.2, -0.15) is 0 Å². The third-order valence-electron chi connectivity index (χ3n) is 8.98. The maximum atomic E-state index is 13.8. The van der Waals surface area contributed by atoms with E-state index in [4.69, 9.17) is 33.0 Å². The van der Waals surface area contributed by atoms with Gasteiger partial charge in [-0.25, -0.2) is 0 Å². The molecule has 5 rings (SSSR count). The highest BCUT2D eigenvalue weighted by molar-refractivity contribution is 14.1. The number of likely N-dealkylation sites (tertiary alicyclic amines) is 2. The highest BCUT2D eigenvalue weighted by Gasteiger charge is 2.75. The fourth-order valence-electron chi connectivity index (χ4n) is 7.04. The molecule has 6 unspecified atom stereocenters. The molecule has 0 bridgehead atoms. The van der Waals surface area contributed by atoms with Crippen molar-refractivity contribution < 1.29 is 38.9 Å². The van der Waals surface area contributed by atoms with Crippen molar-refractivity contribution in [3.8, 4) is 11.5 Å². The number of alkyl halides is 2. The number of aromatic hydroxyl groups is 1. The fourth-order valence-corrected chi connectivity index (χ4v) is 8.69. The van der Waals surface area contributed by atoms with Crippen LogP contribution >= 0.6 is 45.8 Å². The number of allylic oxidation sites excluding steroid dienone is 2. The van der Waals surface area contributed by atoms with Gasteiger partial charge >= 0.3 is 5.97 Å². The Bertz CT molecular complexity index is 1400. The predicted molar refractivity (Wildman–Crippen MR) is 156 cm³/mol. The number of fused-ring (bicyclic) bond motifs is 4. The molecule has 0 spiro atoms. The second kappa shape index (κ2) is 10.7. The summed E-state index contributed by atoms with van der Waals surface area (Å²) in [5.41, 5.74) is 1.14. The number of unbranched alkanes of at least 4 members (excludes halogenated alkanes) is 2. The number of amides is 4. The third kappa shape index (κ3) is 4.36.